The Morgan fingerprint density at radius 3 is 2.81 bits per heavy atom. The molecule has 0 atom stereocenters. The van der Waals surface area contributed by atoms with Crippen LogP contribution in [0.1, 0.15) is 16.5 Å². The van der Waals surface area contributed by atoms with Gasteiger partial charge in [0, 0.05) is 30.5 Å². The molecule has 3 rings (SSSR count). The SMILES string of the molecule is Cc1nnc(CN=C(NCCc2cccs2)N(C)CCOc2cccc(Cl)c2)n1C.I. The van der Waals surface area contributed by atoms with Gasteiger partial charge < -0.3 is 19.5 Å². The molecule has 2 heterocycles. The third-order valence-electron chi connectivity index (χ3n) is 4.64. The Bertz CT molecular complexity index is 963. The number of aliphatic imine (C=N–C) groups is 1. The van der Waals surface area contributed by atoms with Gasteiger partial charge in [0.05, 0.1) is 6.54 Å². The van der Waals surface area contributed by atoms with E-state index in [0.29, 0.717) is 24.7 Å². The van der Waals surface area contributed by atoms with E-state index >= 15 is 0 Å². The van der Waals surface area contributed by atoms with Crippen molar-refractivity contribution in [2.75, 3.05) is 26.7 Å². The molecular formula is C21H28ClIN6OS. The highest BCUT2D eigenvalue weighted by Crippen LogP contribution is 2.17. The molecule has 0 radical (unpaired) electrons. The molecule has 0 saturated heterocycles. The van der Waals surface area contributed by atoms with Gasteiger partial charge in [-0.15, -0.1) is 45.5 Å². The molecule has 10 heteroatoms. The van der Waals surface area contributed by atoms with Gasteiger partial charge in [-0.3, -0.25) is 0 Å². The summed E-state index contributed by atoms with van der Waals surface area (Å²) in [5.41, 5.74) is 0. The lowest BCUT2D eigenvalue weighted by molar-refractivity contribution is 0.281. The molecule has 2 aromatic heterocycles. The number of guanidine groups is 1. The van der Waals surface area contributed by atoms with E-state index in [1.165, 1.54) is 4.88 Å². The Kier molecular flexibility index (Phi) is 10.6. The number of hydrogen-bond acceptors (Lipinski definition) is 5. The van der Waals surface area contributed by atoms with Crippen molar-refractivity contribution in [3.8, 4) is 5.75 Å². The van der Waals surface area contributed by atoms with Crippen LogP contribution in [0.5, 0.6) is 5.75 Å². The van der Waals surface area contributed by atoms with Gasteiger partial charge in [0.2, 0.25) is 0 Å². The van der Waals surface area contributed by atoms with Gasteiger partial charge >= 0.3 is 0 Å². The molecule has 0 bridgehead atoms. The van der Waals surface area contributed by atoms with Gasteiger partial charge in [0.25, 0.3) is 0 Å². The predicted octanol–water partition coefficient (Wildman–Crippen LogP) is 4.16. The van der Waals surface area contributed by atoms with Gasteiger partial charge in [-0.05, 0) is 43.0 Å². The van der Waals surface area contributed by atoms with Crippen molar-refractivity contribution in [2.24, 2.45) is 12.0 Å². The molecular weight excluding hydrogens is 547 g/mol. The predicted molar refractivity (Wildman–Crippen MR) is 138 cm³/mol. The Balaban J connectivity index is 0.00000341. The molecule has 0 spiro atoms. The number of rotatable bonds is 9. The first-order valence-corrected chi connectivity index (χ1v) is 11.0. The molecule has 0 amide bonds. The zero-order valence-corrected chi connectivity index (χ0v) is 21.8. The lowest BCUT2D eigenvalue weighted by Gasteiger charge is -2.22. The number of halogens is 2. The monoisotopic (exact) mass is 574 g/mol. The first kappa shape index (κ1) is 25.4. The molecule has 168 valence electrons. The number of thiophene rings is 1. The number of likely N-dealkylation sites (N-methyl/N-ethyl adjacent to an activating group) is 1. The van der Waals surface area contributed by atoms with E-state index in [-0.39, 0.29) is 24.0 Å². The van der Waals surface area contributed by atoms with Crippen LogP contribution in [0.2, 0.25) is 5.02 Å². The highest BCUT2D eigenvalue weighted by molar-refractivity contribution is 14.0. The highest BCUT2D eigenvalue weighted by atomic mass is 127. The van der Waals surface area contributed by atoms with Gasteiger partial charge in [0.1, 0.15) is 24.7 Å². The summed E-state index contributed by atoms with van der Waals surface area (Å²) in [5, 5.41) is 14.5. The van der Waals surface area contributed by atoms with Crippen molar-refractivity contribution in [1.29, 1.82) is 0 Å². The van der Waals surface area contributed by atoms with Crippen LogP contribution in [0.15, 0.2) is 46.8 Å². The van der Waals surface area contributed by atoms with Crippen LogP contribution in [0.3, 0.4) is 0 Å². The quantitative estimate of drug-likeness (QED) is 0.236. The van der Waals surface area contributed by atoms with Crippen LogP contribution in [0.25, 0.3) is 0 Å². The standard InChI is InChI=1S/C21H27ClN6OS.HI/c1-16-25-26-20(28(16)3)15-24-21(23-10-9-19-8-5-13-30-19)27(2)11-12-29-18-7-4-6-17(22)14-18;/h4-8,13-14H,9-12,15H2,1-3H3,(H,23,24);1H. The summed E-state index contributed by atoms with van der Waals surface area (Å²) in [5.74, 6) is 3.26. The summed E-state index contributed by atoms with van der Waals surface area (Å²) in [7, 11) is 3.95. The van der Waals surface area contributed by atoms with Crippen molar-refractivity contribution in [3.05, 3.63) is 63.3 Å². The molecule has 0 fully saturated rings. The lowest BCUT2D eigenvalue weighted by atomic mass is 10.3. The number of hydrogen-bond donors (Lipinski definition) is 1. The zero-order chi connectivity index (χ0) is 21.3. The van der Waals surface area contributed by atoms with E-state index < -0.39 is 0 Å². The van der Waals surface area contributed by atoms with Gasteiger partial charge in [-0.1, -0.05) is 23.7 Å². The van der Waals surface area contributed by atoms with Crippen molar-refractivity contribution in [2.45, 2.75) is 19.9 Å². The average Bonchev–Trinajstić information content (AvgIpc) is 3.35. The largest absolute Gasteiger partial charge is 0.492 e. The number of nitrogens with one attached hydrogen (secondary N) is 1. The smallest absolute Gasteiger partial charge is 0.194 e. The fourth-order valence-electron chi connectivity index (χ4n) is 2.76. The van der Waals surface area contributed by atoms with Crippen LogP contribution in [0, 0.1) is 6.92 Å². The van der Waals surface area contributed by atoms with E-state index in [4.69, 9.17) is 21.3 Å². The van der Waals surface area contributed by atoms with Crippen LogP contribution in [0.4, 0.5) is 0 Å². The molecule has 1 aromatic carbocycles. The molecule has 7 nitrogen and oxygen atoms in total. The van der Waals surface area contributed by atoms with Crippen LogP contribution in [-0.2, 0) is 20.0 Å². The summed E-state index contributed by atoms with van der Waals surface area (Å²) < 4.78 is 7.78. The van der Waals surface area contributed by atoms with E-state index in [1.807, 2.05) is 49.9 Å². The van der Waals surface area contributed by atoms with Crippen LogP contribution in [-0.4, -0.2) is 52.4 Å². The summed E-state index contributed by atoms with van der Waals surface area (Å²) in [6.45, 7) is 4.38. The van der Waals surface area contributed by atoms with Crippen molar-refractivity contribution in [3.63, 3.8) is 0 Å². The molecule has 0 aliphatic carbocycles. The molecule has 0 aliphatic rings. The number of nitrogens with zero attached hydrogens (tertiary/aromatic N) is 5. The molecule has 1 N–H and O–H groups in total. The minimum absolute atomic E-state index is 0. The van der Waals surface area contributed by atoms with E-state index in [9.17, 15) is 0 Å². The van der Waals surface area contributed by atoms with Crippen molar-refractivity contribution < 1.29 is 4.74 Å². The number of benzene rings is 1. The fraction of sp³-hybridized carbons (Fsp3) is 0.381. The number of aromatic nitrogens is 3. The molecule has 31 heavy (non-hydrogen) atoms. The van der Waals surface area contributed by atoms with Gasteiger partial charge in [0.15, 0.2) is 11.8 Å². The topological polar surface area (TPSA) is 67.6 Å². The van der Waals surface area contributed by atoms with E-state index in [2.05, 4.69) is 37.9 Å². The molecule has 0 unspecified atom stereocenters. The first-order chi connectivity index (χ1) is 14.5. The third-order valence-corrected chi connectivity index (χ3v) is 5.81. The second kappa shape index (κ2) is 12.9. The Hall–Kier alpha value is -1.85. The molecule has 0 saturated carbocycles. The normalized spacial score (nSPS) is 11.2. The van der Waals surface area contributed by atoms with Crippen LogP contribution < -0.4 is 10.1 Å². The Morgan fingerprint density at radius 1 is 1.29 bits per heavy atom. The van der Waals surface area contributed by atoms with Crippen molar-refractivity contribution in [1.82, 2.24) is 25.0 Å². The second-order valence-electron chi connectivity index (χ2n) is 6.85. The maximum absolute atomic E-state index is 6.02. The molecule has 0 aliphatic heterocycles. The summed E-state index contributed by atoms with van der Waals surface area (Å²) in [4.78, 5) is 8.16. The fourth-order valence-corrected chi connectivity index (χ4v) is 3.65. The van der Waals surface area contributed by atoms with Gasteiger partial charge in [-0.25, -0.2) is 4.99 Å². The number of ether oxygens (including phenoxy) is 1. The summed E-state index contributed by atoms with van der Waals surface area (Å²) >= 11 is 7.78. The zero-order valence-electron chi connectivity index (χ0n) is 17.9. The van der Waals surface area contributed by atoms with E-state index in [0.717, 1.165) is 36.3 Å². The van der Waals surface area contributed by atoms with E-state index in [1.54, 1.807) is 11.3 Å². The maximum Gasteiger partial charge on any atom is 0.194 e. The second-order valence-corrected chi connectivity index (χ2v) is 8.31. The lowest BCUT2D eigenvalue weighted by Crippen LogP contribution is -2.41. The summed E-state index contributed by atoms with van der Waals surface area (Å²) in [6, 6.07) is 11.6. The minimum Gasteiger partial charge on any atom is -0.492 e. The molecule has 3 aromatic rings. The van der Waals surface area contributed by atoms with Gasteiger partial charge in [-0.2, -0.15) is 0 Å². The third kappa shape index (κ3) is 7.97. The summed E-state index contributed by atoms with van der Waals surface area (Å²) in [6.07, 6.45) is 0.951. The average molecular weight is 575 g/mol. The minimum atomic E-state index is 0. The first-order valence-electron chi connectivity index (χ1n) is 9.78. The maximum atomic E-state index is 6.02. The Morgan fingerprint density at radius 2 is 2.13 bits per heavy atom. The number of aryl methyl sites for hydroxylation is 1. The highest BCUT2D eigenvalue weighted by Gasteiger charge is 2.09. The van der Waals surface area contributed by atoms with Crippen molar-refractivity contribution >= 4 is 52.9 Å². The van der Waals surface area contributed by atoms with Crippen LogP contribution >= 0.6 is 46.9 Å². The Labute approximate surface area is 209 Å².